The van der Waals surface area contributed by atoms with Crippen molar-refractivity contribution in [2.75, 3.05) is 6.26 Å². The molecule has 7 heteroatoms. The smallest absolute Gasteiger partial charge is 0.311 e. The first-order valence-corrected chi connectivity index (χ1v) is 9.31. The standard InChI is InChI=1S/C18H15NO5S/c1-25(22,23)14-9-7-13(8-10-14)18-17(12-5-3-2-4-6-12)15(24-19-18)11-16(20)21/h2-10H,11H2,1H3,(H,20,21). The Morgan fingerprint density at radius 3 is 2.24 bits per heavy atom. The molecule has 1 aromatic heterocycles. The molecule has 0 aliphatic carbocycles. The fraction of sp³-hybridized carbons (Fsp3) is 0.111. The minimum absolute atomic E-state index is 0.201. The largest absolute Gasteiger partial charge is 0.481 e. The first-order valence-electron chi connectivity index (χ1n) is 7.42. The average molecular weight is 357 g/mol. The molecule has 0 saturated carbocycles. The van der Waals surface area contributed by atoms with Gasteiger partial charge in [-0.3, -0.25) is 4.79 Å². The fourth-order valence-electron chi connectivity index (χ4n) is 2.54. The van der Waals surface area contributed by atoms with Crippen molar-refractivity contribution >= 4 is 15.8 Å². The zero-order valence-electron chi connectivity index (χ0n) is 13.3. The number of nitrogens with zero attached hydrogens (tertiary/aromatic N) is 1. The van der Waals surface area contributed by atoms with Crippen molar-refractivity contribution in [3.8, 4) is 22.4 Å². The van der Waals surface area contributed by atoms with E-state index < -0.39 is 15.8 Å². The molecule has 0 spiro atoms. The van der Waals surface area contributed by atoms with E-state index in [2.05, 4.69) is 5.16 Å². The molecule has 0 amide bonds. The Labute approximate surface area is 144 Å². The maximum absolute atomic E-state index is 11.6. The summed E-state index contributed by atoms with van der Waals surface area (Å²) in [4.78, 5) is 11.3. The van der Waals surface area contributed by atoms with Gasteiger partial charge in [-0.1, -0.05) is 47.6 Å². The second-order valence-electron chi connectivity index (χ2n) is 5.56. The predicted molar refractivity (Wildman–Crippen MR) is 91.8 cm³/mol. The Balaban J connectivity index is 2.13. The third-order valence-corrected chi connectivity index (χ3v) is 4.82. The summed E-state index contributed by atoms with van der Waals surface area (Å²) in [7, 11) is -3.30. The second-order valence-corrected chi connectivity index (χ2v) is 7.58. The minimum Gasteiger partial charge on any atom is -0.481 e. The number of hydrogen-bond acceptors (Lipinski definition) is 5. The van der Waals surface area contributed by atoms with Crippen molar-refractivity contribution in [2.24, 2.45) is 0 Å². The number of hydrogen-bond donors (Lipinski definition) is 1. The molecule has 3 aromatic rings. The number of aromatic nitrogens is 1. The quantitative estimate of drug-likeness (QED) is 0.754. The molecule has 0 bridgehead atoms. The van der Waals surface area contributed by atoms with Crippen LogP contribution in [0.5, 0.6) is 0 Å². The van der Waals surface area contributed by atoms with Gasteiger partial charge in [-0.25, -0.2) is 8.42 Å². The molecule has 0 aliphatic rings. The Morgan fingerprint density at radius 2 is 1.68 bits per heavy atom. The van der Waals surface area contributed by atoms with Gasteiger partial charge < -0.3 is 9.63 Å². The van der Waals surface area contributed by atoms with Crippen LogP contribution in [0.3, 0.4) is 0 Å². The highest BCUT2D eigenvalue weighted by Gasteiger charge is 2.21. The summed E-state index contributed by atoms with van der Waals surface area (Å²) in [5.74, 6) is -0.770. The van der Waals surface area contributed by atoms with Crippen LogP contribution in [0.25, 0.3) is 22.4 Å². The van der Waals surface area contributed by atoms with Crippen molar-refractivity contribution < 1.29 is 22.8 Å². The van der Waals surface area contributed by atoms with E-state index in [0.717, 1.165) is 11.8 Å². The van der Waals surface area contributed by atoms with Gasteiger partial charge in [-0.05, 0) is 17.7 Å². The number of carboxylic acids is 1. The molecule has 3 rings (SSSR count). The molecule has 0 radical (unpaired) electrons. The molecular formula is C18H15NO5S. The third-order valence-electron chi connectivity index (χ3n) is 3.69. The van der Waals surface area contributed by atoms with Gasteiger partial charge in [-0.2, -0.15) is 0 Å². The monoisotopic (exact) mass is 357 g/mol. The van der Waals surface area contributed by atoms with E-state index in [1.54, 1.807) is 12.1 Å². The zero-order chi connectivity index (χ0) is 18.0. The summed E-state index contributed by atoms with van der Waals surface area (Å²) in [6.45, 7) is 0. The molecule has 1 heterocycles. The number of sulfone groups is 1. The molecule has 0 unspecified atom stereocenters. The maximum atomic E-state index is 11.6. The fourth-order valence-corrected chi connectivity index (χ4v) is 3.17. The van der Waals surface area contributed by atoms with E-state index in [4.69, 9.17) is 9.63 Å². The van der Waals surface area contributed by atoms with Gasteiger partial charge >= 0.3 is 5.97 Å². The normalized spacial score (nSPS) is 11.4. The van der Waals surface area contributed by atoms with E-state index in [-0.39, 0.29) is 17.1 Å². The van der Waals surface area contributed by atoms with Crippen LogP contribution in [-0.4, -0.2) is 30.9 Å². The first kappa shape index (κ1) is 16.9. The highest BCUT2D eigenvalue weighted by atomic mass is 32.2. The molecule has 128 valence electrons. The van der Waals surface area contributed by atoms with E-state index in [1.165, 1.54) is 12.1 Å². The Morgan fingerprint density at radius 1 is 1.04 bits per heavy atom. The van der Waals surface area contributed by atoms with Crippen LogP contribution < -0.4 is 0 Å². The van der Waals surface area contributed by atoms with Crippen molar-refractivity contribution in [2.45, 2.75) is 11.3 Å². The van der Waals surface area contributed by atoms with Crippen LogP contribution in [0.4, 0.5) is 0 Å². The minimum atomic E-state index is -3.30. The molecular weight excluding hydrogens is 342 g/mol. The lowest BCUT2D eigenvalue weighted by molar-refractivity contribution is -0.136. The van der Waals surface area contributed by atoms with Crippen molar-refractivity contribution in [3.63, 3.8) is 0 Å². The van der Waals surface area contributed by atoms with Crippen molar-refractivity contribution in [3.05, 3.63) is 60.4 Å². The molecule has 0 aliphatic heterocycles. The van der Waals surface area contributed by atoms with E-state index in [0.29, 0.717) is 16.8 Å². The summed E-state index contributed by atoms with van der Waals surface area (Å²) in [5, 5.41) is 13.1. The summed E-state index contributed by atoms with van der Waals surface area (Å²) >= 11 is 0. The third kappa shape index (κ3) is 3.61. The lowest BCUT2D eigenvalue weighted by Crippen LogP contribution is -2.00. The molecule has 0 fully saturated rings. The topological polar surface area (TPSA) is 97.5 Å². The summed E-state index contributed by atoms with van der Waals surface area (Å²) in [6, 6.07) is 15.5. The van der Waals surface area contributed by atoms with Crippen LogP contribution in [-0.2, 0) is 21.1 Å². The second kappa shape index (κ2) is 6.52. The summed E-state index contributed by atoms with van der Waals surface area (Å²) in [6.07, 6.45) is 0.844. The van der Waals surface area contributed by atoms with Crippen molar-refractivity contribution in [1.82, 2.24) is 5.16 Å². The number of benzene rings is 2. The molecule has 1 N–H and O–H groups in total. The van der Waals surface area contributed by atoms with Gasteiger partial charge in [0.15, 0.2) is 15.6 Å². The van der Waals surface area contributed by atoms with Crippen LogP contribution in [0.1, 0.15) is 5.76 Å². The first-order chi connectivity index (χ1) is 11.9. The molecule has 0 atom stereocenters. The van der Waals surface area contributed by atoms with E-state index >= 15 is 0 Å². The van der Waals surface area contributed by atoms with E-state index in [9.17, 15) is 13.2 Å². The number of carbonyl (C=O) groups is 1. The highest BCUT2D eigenvalue weighted by Crippen LogP contribution is 2.35. The van der Waals surface area contributed by atoms with Crippen LogP contribution in [0.15, 0.2) is 64.0 Å². The number of aliphatic carboxylic acids is 1. The predicted octanol–water partition coefficient (Wildman–Crippen LogP) is 3.04. The summed E-state index contributed by atoms with van der Waals surface area (Å²) in [5.41, 5.74) is 2.49. The van der Waals surface area contributed by atoms with Gasteiger partial charge in [0.05, 0.1) is 10.5 Å². The average Bonchev–Trinajstić information content (AvgIpc) is 2.98. The van der Waals surface area contributed by atoms with Crippen LogP contribution in [0.2, 0.25) is 0 Å². The van der Waals surface area contributed by atoms with Crippen LogP contribution in [0, 0.1) is 0 Å². The van der Waals surface area contributed by atoms with Gasteiger partial charge in [0, 0.05) is 11.8 Å². The number of rotatable bonds is 5. The zero-order valence-corrected chi connectivity index (χ0v) is 14.2. The lowest BCUT2D eigenvalue weighted by Gasteiger charge is -2.05. The summed E-state index contributed by atoms with van der Waals surface area (Å²) < 4.78 is 28.5. The van der Waals surface area contributed by atoms with Gasteiger partial charge in [0.1, 0.15) is 12.1 Å². The SMILES string of the molecule is CS(=O)(=O)c1ccc(-c2noc(CC(=O)O)c2-c2ccccc2)cc1. The van der Waals surface area contributed by atoms with E-state index in [1.807, 2.05) is 30.3 Å². The molecule has 6 nitrogen and oxygen atoms in total. The van der Waals surface area contributed by atoms with Gasteiger partial charge in [0.25, 0.3) is 0 Å². The van der Waals surface area contributed by atoms with Crippen molar-refractivity contribution in [1.29, 1.82) is 0 Å². The Hall–Kier alpha value is -2.93. The van der Waals surface area contributed by atoms with Gasteiger partial charge in [-0.15, -0.1) is 0 Å². The Bertz CT molecular complexity index is 1010. The molecule has 0 saturated heterocycles. The van der Waals surface area contributed by atoms with Crippen LogP contribution >= 0.6 is 0 Å². The Kier molecular flexibility index (Phi) is 4.41. The maximum Gasteiger partial charge on any atom is 0.311 e. The highest BCUT2D eigenvalue weighted by molar-refractivity contribution is 7.90. The van der Waals surface area contributed by atoms with Gasteiger partial charge in [0.2, 0.25) is 0 Å². The molecule has 2 aromatic carbocycles. The number of carboxylic acid groups (broad SMARTS) is 1. The lowest BCUT2D eigenvalue weighted by atomic mass is 9.98. The molecule has 25 heavy (non-hydrogen) atoms.